The highest BCUT2D eigenvalue weighted by atomic mass is 32.1. The lowest BCUT2D eigenvalue weighted by atomic mass is 9.85. The number of aliphatic hydroxyl groups is 2. The molecule has 0 radical (unpaired) electrons. The summed E-state index contributed by atoms with van der Waals surface area (Å²) in [7, 11) is 0. The highest BCUT2D eigenvalue weighted by Crippen LogP contribution is 2.29. The summed E-state index contributed by atoms with van der Waals surface area (Å²) in [5, 5.41) is 36.0. The molecule has 3 aliphatic rings. The number of nitrogens with zero attached hydrogens (tertiary/aromatic N) is 6. The fourth-order valence-corrected chi connectivity index (χ4v) is 9.69. The zero-order valence-corrected chi connectivity index (χ0v) is 41.3. The Morgan fingerprint density at radius 2 is 1.64 bits per heavy atom. The summed E-state index contributed by atoms with van der Waals surface area (Å²) >= 11 is 1.57. The summed E-state index contributed by atoms with van der Waals surface area (Å²) in [5.41, 5.74) is 6.80. The van der Waals surface area contributed by atoms with E-state index in [1.54, 1.807) is 22.9 Å². The van der Waals surface area contributed by atoms with Crippen molar-refractivity contribution < 1.29 is 38.9 Å². The van der Waals surface area contributed by atoms with Gasteiger partial charge in [-0.2, -0.15) is 0 Å². The van der Waals surface area contributed by atoms with Crippen LogP contribution in [0.5, 0.6) is 0 Å². The van der Waals surface area contributed by atoms with Crippen molar-refractivity contribution in [1.29, 1.82) is 0 Å². The molecule has 0 bridgehead atoms. The number of amides is 5. The van der Waals surface area contributed by atoms with Crippen LogP contribution in [0.4, 0.5) is 5.82 Å². The molecule has 70 heavy (non-hydrogen) atoms. The average Bonchev–Trinajstić information content (AvgIpc) is 3.95. The van der Waals surface area contributed by atoms with Crippen molar-refractivity contribution in [2.24, 2.45) is 5.41 Å². The second-order valence-electron chi connectivity index (χ2n) is 19.4. The van der Waals surface area contributed by atoms with Crippen molar-refractivity contribution in [2.75, 3.05) is 70.9 Å². The fourth-order valence-electron chi connectivity index (χ4n) is 8.87. The zero-order chi connectivity index (χ0) is 49.8. The SMILES string of the molecule is Cc1ncsc1-c1ccc(CNC(=O)[C@@H]2C[C@@H](O)CN2C(=O)[C@@H](NC(=O)CCOCCC(=O)NCCN2CC(Nc3cc(C(=O)NC[C@H](O)CN4CCc5ccccc5C4)ncn3)C2)C(C)(C)C)cc1. The molecule has 0 saturated carbocycles. The molecule has 0 aliphatic carbocycles. The Balaban J connectivity index is 0.737. The maximum atomic E-state index is 14.0. The minimum absolute atomic E-state index is 0.0265. The normalized spacial score (nSPS) is 18.3. The first-order valence-corrected chi connectivity index (χ1v) is 24.9. The van der Waals surface area contributed by atoms with Crippen LogP contribution in [0.3, 0.4) is 0 Å². The molecule has 19 nitrogen and oxygen atoms in total. The van der Waals surface area contributed by atoms with Crippen LogP contribution in [0.15, 0.2) is 66.4 Å². The second-order valence-corrected chi connectivity index (χ2v) is 20.3. The number of benzene rings is 2. The molecule has 0 spiro atoms. The summed E-state index contributed by atoms with van der Waals surface area (Å²) in [4.78, 5) is 85.4. The molecule has 5 amide bonds. The van der Waals surface area contributed by atoms with Crippen LogP contribution in [0, 0.1) is 12.3 Å². The van der Waals surface area contributed by atoms with Crippen LogP contribution in [0.1, 0.15) is 72.9 Å². The van der Waals surface area contributed by atoms with E-state index in [0.29, 0.717) is 25.5 Å². The molecule has 3 aliphatic heterocycles. The largest absolute Gasteiger partial charge is 0.391 e. The highest BCUT2D eigenvalue weighted by molar-refractivity contribution is 7.13. The summed E-state index contributed by atoms with van der Waals surface area (Å²) < 4.78 is 5.60. The number of aryl methyl sites for hydroxylation is 1. The third-order valence-electron chi connectivity index (χ3n) is 12.8. The van der Waals surface area contributed by atoms with Gasteiger partial charge in [-0.15, -0.1) is 11.3 Å². The van der Waals surface area contributed by atoms with Gasteiger partial charge in [0.1, 0.15) is 29.9 Å². The Bertz CT molecular complexity index is 2420. The summed E-state index contributed by atoms with van der Waals surface area (Å²) in [5.74, 6) is -1.28. The van der Waals surface area contributed by atoms with Gasteiger partial charge >= 0.3 is 0 Å². The number of β-amino-alcohol motifs (C(OH)–C–C–N with tert-alkyl or cyclic N) is 2. The molecule has 2 saturated heterocycles. The van der Waals surface area contributed by atoms with Crippen LogP contribution in [0.25, 0.3) is 10.4 Å². The molecule has 2 fully saturated rings. The van der Waals surface area contributed by atoms with Gasteiger partial charge in [-0.25, -0.2) is 15.0 Å². The number of aromatic nitrogens is 3. The topological polar surface area (TPSA) is 244 Å². The maximum Gasteiger partial charge on any atom is 0.270 e. The fraction of sp³-hybridized carbons (Fsp3) is 0.520. The van der Waals surface area contributed by atoms with Crippen molar-refractivity contribution in [3.05, 3.63) is 94.5 Å². The minimum Gasteiger partial charge on any atom is -0.391 e. The standard InChI is InChI=1S/C50H67N11O8S/c1-32-45(70-31-56-32)35-11-9-33(10-12-35)23-52-48(67)41-21-38(62)29-61(41)49(68)46(50(2,3)4)58-44(65)15-20-69-19-14-43(64)51-16-18-60-26-37(27-60)57-42-22-40(54-30-55-42)47(66)53-24-39(63)28-59-17-13-34-7-5-6-8-36(34)25-59/h5-12,22,30-31,37-39,41,46,62-63H,13-21,23-29H2,1-4H3,(H,51,64)(H,52,67)(H,53,66)(H,58,65)(H,54,55,57)/t38-,39+,41+,46-/m1/s1. The zero-order valence-electron chi connectivity index (χ0n) is 40.5. The summed E-state index contributed by atoms with van der Waals surface area (Å²) in [6.45, 7) is 12.6. The molecular weight excluding hydrogens is 915 g/mol. The summed E-state index contributed by atoms with van der Waals surface area (Å²) in [6, 6.07) is 16.0. The van der Waals surface area contributed by atoms with Gasteiger partial charge < -0.3 is 46.4 Å². The van der Waals surface area contributed by atoms with Gasteiger partial charge in [0.25, 0.3) is 5.91 Å². The number of anilines is 1. The lowest BCUT2D eigenvalue weighted by Crippen LogP contribution is -2.57. The van der Waals surface area contributed by atoms with Gasteiger partial charge in [-0.05, 0) is 41.0 Å². The monoisotopic (exact) mass is 981 g/mol. The first-order valence-electron chi connectivity index (χ1n) is 24.1. The molecule has 5 heterocycles. The van der Waals surface area contributed by atoms with E-state index < -0.39 is 41.5 Å². The van der Waals surface area contributed by atoms with Gasteiger partial charge in [0.05, 0.1) is 47.5 Å². The van der Waals surface area contributed by atoms with Crippen molar-refractivity contribution in [3.8, 4) is 10.4 Å². The third-order valence-corrected chi connectivity index (χ3v) is 13.8. The molecule has 7 rings (SSSR count). The Kier molecular flexibility index (Phi) is 18.0. The first kappa shape index (κ1) is 51.9. The molecule has 7 N–H and O–H groups in total. The van der Waals surface area contributed by atoms with Crippen LogP contribution < -0.4 is 26.6 Å². The average molecular weight is 982 g/mol. The van der Waals surface area contributed by atoms with E-state index in [-0.39, 0.29) is 81.6 Å². The highest BCUT2D eigenvalue weighted by Gasteiger charge is 2.44. The Morgan fingerprint density at radius 3 is 2.37 bits per heavy atom. The maximum absolute atomic E-state index is 14.0. The number of rotatable bonds is 22. The number of nitrogens with one attached hydrogen (secondary N) is 5. The lowest BCUT2D eigenvalue weighted by molar-refractivity contribution is -0.144. The second kappa shape index (κ2) is 24.3. The van der Waals surface area contributed by atoms with Crippen LogP contribution in [0.2, 0.25) is 0 Å². The number of hydrogen-bond donors (Lipinski definition) is 7. The van der Waals surface area contributed by atoms with E-state index in [9.17, 15) is 34.2 Å². The van der Waals surface area contributed by atoms with Crippen LogP contribution in [-0.4, -0.2) is 165 Å². The Morgan fingerprint density at radius 1 is 0.900 bits per heavy atom. The minimum atomic E-state index is -0.966. The molecule has 376 valence electrons. The number of ether oxygens (including phenoxy) is 1. The Hall–Kier alpha value is -5.90. The van der Waals surface area contributed by atoms with E-state index in [0.717, 1.165) is 54.3 Å². The third kappa shape index (κ3) is 14.6. The van der Waals surface area contributed by atoms with Crippen molar-refractivity contribution in [2.45, 2.75) is 96.8 Å². The molecular formula is C50H67N11O8S. The molecule has 2 aromatic heterocycles. The number of fused-ring (bicyclic) bond motifs is 1. The van der Waals surface area contributed by atoms with Crippen LogP contribution >= 0.6 is 11.3 Å². The quantitative estimate of drug-likeness (QED) is 0.0557. The summed E-state index contributed by atoms with van der Waals surface area (Å²) in [6.07, 6.45) is 0.837. The van der Waals surface area contributed by atoms with Crippen molar-refractivity contribution in [1.82, 2.24) is 50.9 Å². The molecule has 4 aromatic rings. The molecule has 4 atom stereocenters. The van der Waals surface area contributed by atoms with Gasteiger partial charge in [-0.1, -0.05) is 69.3 Å². The predicted molar refractivity (Wildman–Crippen MR) is 264 cm³/mol. The number of likely N-dealkylation sites (tertiary alicyclic amines) is 2. The smallest absolute Gasteiger partial charge is 0.270 e. The lowest BCUT2D eigenvalue weighted by Gasteiger charge is -2.39. The van der Waals surface area contributed by atoms with Gasteiger partial charge in [0.15, 0.2) is 0 Å². The van der Waals surface area contributed by atoms with Crippen molar-refractivity contribution in [3.63, 3.8) is 0 Å². The predicted octanol–water partition coefficient (Wildman–Crippen LogP) is 1.88. The van der Waals surface area contributed by atoms with E-state index in [1.807, 2.05) is 64.1 Å². The molecule has 2 aromatic carbocycles. The van der Waals surface area contributed by atoms with E-state index in [1.165, 1.54) is 22.4 Å². The van der Waals surface area contributed by atoms with E-state index >= 15 is 0 Å². The molecule has 20 heteroatoms. The van der Waals surface area contributed by atoms with Crippen molar-refractivity contribution >= 4 is 46.7 Å². The van der Waals surface area contributed by atoms with Gasteiger partial charge in [0, 0.05) is 90.8 Å². The number of thiazole rings is 1. The van der Waals surface area contributed by atoms with Gasteiger partial charge in [0.2, 0.25) is 23.6 Å². The number of carbonyl (C=O) groups excluding carboxylic acids is 5. The van der Waals surface area contributed by atoms with E-state index in [4.69, 9.17) is 4.74 Å². The van der Waals surface area contributed by atoms with E-state index in [2.05, 4.69) is 63.5 Å². The first-order chi connectivity index (χ1) is 33.6. The van der Waals surface area contributed by atoms with Gasteiger partial charge in [-0.3, -0.25) is 33.8 Å². The van der Waals surface area contributed by atoms with Crippen LogP contribution in [-0.2, 0) is 43.4 Å². The molecule has 0 unspecified atom stereocenters. The number of aliphatic hydroxyl groups excluding tert-OH is 2. The number of hydrogen-bond acceptors (Lipinski definition) is 15. The Labute approximate surface area is 413 Å². The number of carbonyl (C=O) groups is 5.